The van der Waals surface area contributed by atoms with Gasteiger partial charge in [-0.05, 0) is 49.3 Å². The number of hydrogen-bond acceptors (Lipinski definition) is 3. The number of benzene rings is 1. The van der Waals surface area contributed by atoms with Crippen LogP contribution in [-0.2, 0) is 0 Å². The summed E-state index contributed by atoms with van der Waals surface area (Å²) in [7, 11) is 0. The molecule has 0 amide bonds. The van der Waals surface area contributed by atoms with Crippen molar-refractivity contribution in [2.75, 3.05) is 11.6 Å². The van der Waals surface area contributed by atoms with E-state index in [1.54, 1.807) is 23.9 Å². The van der Waals surface area contributed by atoms with Crippen LogP contribution in [0.4, 0.5) is 0 Å². The maximum absolute atomic E-state index is 9.71. The Labute approximate surface area is 117 Å². The molecule has 0 heterocycles. The highest BCUT2D eigenvalue weighted by Crippen LogP contribution is 2.37. The molecule has 18 heavy (non-hydrogen) atoms. The van der Waals surface area contributed by atoms with Crippen LogP contribution in [0.2, 0.25) is 0 Å². The van der Waals surface area contributed by atoms with Crippen LogP contribution in [0.5, 0.6) is 11.5 Å². The summed E-state index contributed by atoms with van der Waals surface area (Å²) in [5, 5.41) is 19.1. The fourth-order valence-electron chi connectivity index (χ4n) is 2.52. The van der Waals surface area contributed by atoms with Crippen molar-refractivity contribution in [1.82, 2.24) is 0 Å². The van der Waals surface area contributed by atoms with Gasteiger partial charge in [-0.1, -0.05) is 6.42 Å². The van der Waals surface area contributed by atoms with Gasteiger partial charge in [0, 0.05) is 11.6 Å². The standard InChI is InChI=1S/C14H19ClO2S/c15-8-10-2-1-3-11(6-10)9-18-14-7-12(16)4-5-13(14)17/h4-5,7,10-11,16-17H,1-3,6,8-9H2. The van der Waals surface area contributed by atoms with Crippen LogP contribution in [-0.4, -0.2) is 21.8 Å². The Morgan fingerprint density at radius 1 is 1.22 bits per heavy atom. The Morgan fingerprint density at radius 2 is 2.00 bits per heavy atom. The second-order valence-corrected chi connectivity index (χ2v) is 6.39. The van der Waals surface area contributed by atoms with Gasteiger partial charge >= 0.3 is 0 Å². The van der Waals surface area contributed by atoms with E-state index >= 15 is 0 Å². The Kier molecular flexibility index (Phi) is 5.07. The molecule has 2 N–H and O–H groups in total. The van der Waals surface area contributed by atoms with Gasteiger partial charge in [0.25, 0.3) is 0 Å². The van der Waals surface area contributed by atoms with E-state index < -0.39 is 0 Å². The number of alkyl halides is 1. The van der Waals surface area contributed by atoms with E-state index in [0.717, 1.165) is 16.5 Å². The molecule has 2 nitrogen and oxygen atoms in total. The number of aromatic hydroxyl groups is 2. The Balaban J connectivity index is 1.89. The lowest BCUT2D eigenvalue weighted by atomic mass is 9.83. The highest BCUT2D eigenvalue weighted by Gasteiger charge is 2.21. The van der Waals surface area contributed by atoms with Crippen LogP contribution in [0.15, 0.2) is 23.1 Å². The van der Waals surface area contributed by atoms with Crippen LogP contribution in [0.3, 0.4) is 0 Å². The second-order valence-electron chi connectivity index (χ2n) is 5.02. The van der Waals surface area contributed by atoms with Gasteiger partial charge in [-0.2, -0.15) is 0 Å². The molecular weight excluding hydrogens is 268 g/mol. The van der Waals surface area contributed by atoms with Gasteiger partial charge in [-0.25, -0.2) is 0 Å². The minimum atomic E-state index is 0.206. The first kappa shape index (κ1) is 13.9. The van der Waals surface area contributed by atoms with Gasteiger partial charge in [-0.15, -0.1) is 23.4 Å². The van der Waals surface area contributed by atoms with Crippen LogP contribution in [0.1, 0.15) is 25.7 Å². The van der Waals surface area contributed by atoms with E-state index in [-0.39, 0.29) is 11.5 Å². The van der Waals surface area contributed by atoms with Gasteiger partial charge in [0.15, 0.2) is 0 Å². The topological polar surface area (TPSA) is 40.5 Å². The third-order valence-corrected chi connectivity index (χ3v) is 5.24. The van der Waals surface area contributed by atoms with Crippen LogP contribution < -0.4 is 0 Å². The zero-order chi connectivity index (χ0) is 13.0. The summed E-state index contributed by atoms with van der Waals surface area (Å²) < 4.78 is 0. The van der Waals surface area contributed by atoms with Crippen LogP contribution in [0, 0.1) is 11.8 Å². The molecule has 2 rings (SSSR count). The molecule has 1 aromatic rings. The lowest BCUT2D eigenvalue weighted by Crippen LogP contribution is -2.18. The summed E-state index contributed by atoms with van der Waals surface area (Å²) in [6.07, 6.45) is 4.95. The van der Waals surface area contributed by atoms with Crippen LogP contribution >= 0.6 is 23.4 Å². The predicted octanol–water partition coefficient (Wildman–Crippen LogP) is 4.24. The second kappa shape index (κ2) is 6.58. The van der Waals surface area contributed by atoms with Gasteiger partial charge in [0.1, 0.15) is 11.5 Å². The van der Waals surface area contributed by atoms with E-state index in [0.29, 0.717) is 11.8 Å². The van der Waals surface area contributed by atoms with Gasteiger partial charge in [0.05, 0.1) is 4.90 Å². The monoisotopic (exact) mass is 286 g/mol. The average molecular weight is 287 g/mol. The number of thioether (sulfide) groups is 1. The minimum Gasteiger partial charge on any atom is -0.508 e. The maximum Gasteiger partial charge on any atom is 0.129 e. The molecule has 1 aromatic carbocycles. The molecule has 0 radical (unpaired) electrons. The van der Waals surface area contributed by atoms with Crippen LogP contribution in [0.25, 0.3) is 0 Å². The van der Waals surface area contributed by atoms with E-state index in [9.17, 15) is 10.2 Å². The summed E-state index contributed by atoms with van der Waals surface area (Å²) in [4.78, 5) is 0.767. The fraction of sp³-hybridized carbons (Fsp3) is 0.571. The lowest BCUT2D eigenvalue weighted by Gasteiger charge is -2.27. The molecule has 0 aliphatic heterocycles. The zero-order valence-electron chi connectivity index (χ0n) is 10.3. The molecule has 0 saturated heterocycles. The molecule has 2 unspecified atom stereocenters. The van der Waals surface area contributed by atoms with Gasteiger partial charge in [0.2, 0.25) is 0 Å². The van der Waals surface area contributed by atoms with Crippen molar-refractivity contribution >= 4 is 23.4 Å². The predicted molar refractivity (Wildman–Crippen MR) is 76.7 cm³/mol. The zero-order valence-corrected chi connectivity index (χ0v) is 11.9. The summed E-state index contributed by atoms with van der Waals surface area (Å²) in [6, 6.07) is 4.67. The molecule has 1 aliphatic rings. The molecule has 2 atom stereocenters. The quantitative estimate of drug-likeness (QED) is 0.494. The molecule has 0 spiro atoms. The molecule has 100 valence electrons. The van der Waals surface area contributed by atoms with Gasteiger partial charge < -0.3 is 10.2 Å². The van der Waals surface area contributed by atoms with E-state index in [1.165, 1.54) is 31.7 Å². The van der Waals surface area contributed by atoms with Crippen molar-refractivity contribution in [3.05, 3.63) is 18.2 Å². The Hall–Kier alpha value is -0.540. The van der Waals surface area contributed by atoms with Crippen molar-refractivity contribution in [2.45, 2.75) is 30.6 Å². The summed E-state index contributed by atoms with van der Waals surface area (Å²) >= 11 is 7.56. The maximum atomic E-state index is 9.71. The summed E-state index contributed by atoms with van der Waals surface area (Å²) in [5.41, 5.74) is 0. The number of hydrogen-bond donors (Lipinski definition) is 2. The normalized spacial score (nSPS) is 24.1. The Morgan fingerprint density at radius 3 is 2.78 bits per heavy atom. The van der Waals surface area contributed by atoms with Crippen molar-refractivity contribution in [3.63, 3.8) is 0 Å². The third kappa shape index (κ3) is 3.72. The molecule has 1 aliphatic carbocycles. The number of phenols is 2. The highest BCUT2D eigenvalue weighted by molar-refractivity contribution is 7.99. The smallest absolute Gasteiger partial charge is 0.129 e. The summed E-state index contributed by atoms with van der Waals surface area (Å²) in [5.74, 6) is 3.54. The minimum absolute atomic E-state index is 0.206. The highest BCUT2D eigenvalue weighted by atomic mass is 35.5. The lowest BCUT2D eigenvalue weighted by molar-refractivity contribution is 0.308. The number of rotatable bonds is 4. The third-order valence-electron chi connectivity index (χ3n) is 3.53. The van der Waals surface area contributed by atoms with Crippen molar-refractivity contribution < 1.29 is 10.2 Å². The number of halogens is 1. The van der Waals surface area contributed by atoms with Gasteiger partial charge in [-0.3, -0.25) is 0 Å². The molecule has 4 heteroatoms. The molecule has 1 saturated carbocycles. The van der Waals surface area contributed by atoms with Crippen molar-refractivity contribution in [3.8, 4) is 11.5 Å². The van der Waals surface area contributed by atoms with Crippen molar-refractivity contribution in [1.29, 1.82) is 0 Å². The van der Waals surface area contributed by atoms with E-state index in [2.05, 4.69) is 0 Å². The number of phenolic OH excluding ortho intramolecular Hbond substituents is 2. The first-order chi connectivity index (χ1) is 8.69. The fourth-order valence-corrected chi connectivity index (χ4v) is 3.94. The summed E-state index contributed by atoms with van der Waals surface area (Å²) in [6.45, 7) is 0. The molecule has 0 bridgehead atoms. The van der Waals surface area contributed by atoms with E-state index in [1.807, 2.05) is 0 Å². The average Bonchev–Trinajstić information content (AvgIpc) is 2.40. The largest absolute Gasteiger partial charge is 0.508 e. The molecule has 0 aromatic heterocycles. The molecule has 1 fully saturated rings. The van der Waals surface area contributed by atoms with Crippen molar-refractivity contribution in [2.24, 2.45) is 11.8 Å². The Bertz CT molecular complexity index is 397. The first-order valence-corrected chi connectivity index (χ1v) is 7.91. The molecular formula is C14H19ClO2S. The SMILES string of the molecule is Oc1ccc(O)c(SCC2CCCC(CCl)C2)c1. The van der Waals surface area contributed by atoms with E-state index in [4.69, 9.17) is 11.6 Å². The first-order valence-electron chi connectivity index (χ1n) is 6.39.